The highest BCUT2D eigenvalue weighted by molar-refractivity contribution is 5.20. The third kappa shape index (κ3) is 5.34. The van der Waals surface area contributed by atoms with E-state index in [2.05, 4.69) is 0 Å². The van der Waals surface area contributed by atoms with E-state index < -0.39 is 0 Å². The van der Waals surface area contributed by atoms with Crippen molar-refractivity contribution in [3.05, 3.63) is 0 Å². The molecule has 1 aliphatic rings. The molecule has 1 saturated heterocycles. The molecule has 0 aromatic rings. The van der Waals surface area contributed by atoms with Crippen LogP contribution in [0.15, 0.2) is 0 Å². The number of carbonyl (C=O) groups excluding carboxylic acids is 2. The molecular weight excluding hydrogens is 108 g/mol. The summed E-state index contributed by atoms with van der Waals surface area (Å²) in [6.07, 6.45) is 2.81. The number of hydrogen-bond donors (Lipinski definition) is 0. The van der Waals surface area contributed by atoms with Gasteiger partial charge in [-0.3, -0.25) is 0 Å². The van der Waals surface area contributed by atoms with Gasteiger partial charge < -0.3 is 4.74 Å². The Morgan fingerprint density at radius 2 is 1.50 bits per heavy atom. The summed E-state index contributed by atoms with van der Waals surface area (Å²) in [5.74, 6) is 0. The molecule has 3 nitrogen and oxygen atoms in total. The van der Waals surface area contributed by atoms with Gasteiger partial charge in [0.2, 0.25) is 0 Å². The first-order valence-corrected chi connectivity index (χ1v) is 2.49. The summed E-state index contributed by atoms with van der Waals surface area (Å²) in [5.41, 5.74) is 0. The maximum atomic E-state index is 8.12. The van der Waals surface area contributed by atoms with Crippen molar-refractivity contribution in [2.45, 2.75) is 12.8 Å². The van der Waals surface area contributed by atoms with Gasteiger partial charge in [0.25, 0.3) is 0 Å². The Balaban J connectivity index is 0.000000145. The fraction of sp³-hybridized carbons (Fsp3) is 0.800. The van der Waals surface area contributed by atoms with Crippen LogP contribution in [-0.2, 0) is 14.3 Å². The molecule has 46 valence electrons. The van der Waals surface area contributed by atoms with Crippen molar-refractivity contribution in [2.24, 2.45) is 0 Å². The van der Waals surface area contributed by atoms with Gasteiger partial charge in [0.05, 0.1) is 0 Å². The van der Waals surface area contributed by atoms with E-state index in [1.165, 1.54) is 12.8 Å². The second-order valence-electron chi connectivity index (χ2n) is 1.40. The van der Waals surface area contributed by atoms with Crippen molar-refractivity contribution in [2.75, 3.05) is 13.2 Å². The molecule has 1 fully saturated rings. The first-order chi connectivity index (χ1) is 3.91. The Bertz CT molecular complexity index is 62.1. The fourth-order valence-electron chi connectivity index (χ4n) is 0.510. The van der Waals surface area contributed by atoms with Gasteiger partial charge in [-0.05, 0) is 12.8 Å². The zero-order valence-electron chi connectivity index (χ0n) is 4.55. The number of ether oxygens (including phenoxy) is 1. The van der Waals surface area contributed by atoms with E-state index in [-0.39, 0.29) is 6.15 Å². The van der Waals surface area contributed by atoms with E-state index in [1.54, 1.807) is 0 Å². The summed E-state index contributed by atoms with van der Waals surface area (Å²) < 4.78 is 4.94. The summed E-state index contributed by atoms with van der Waals surface area (Å²) in [6, 6.07) is 0. The van der Waals surface area contributed by atoms with Crippen LogP contribution in [0.2, 0.25) is 0 Å². The molecule has 1 aliphatic heterocycles. The molecule has 0 radical (unpaired) electrons. The molecule has 0 spiro atoms. The minimum absolute atomic E-state index is 0.250. The van der Waals surface area contributed by atoms with Crippen molar-refractivity contribution < 1.29 is 14.3 Å². The third-order valence-corrected chi connectivity index (χ3v) is 0.827. The molecule has 8 heavy (non-hydrogen) atoms. The zero-order chi connectivity index (χ0) is 6.24. The van der Waals surface area contributed by atoms with Gasteiger partial charge in [-0.15, -0.1) is 0 Å². The second kappa shape index (κ2) is 6.34. The molecule has 0 amide bonds. The van der Waals surface area contributed by atoms with Crippen LogP contribution < -0.4 is 0 Å². The highest BCUT2D eigenvalue weighted by atomic mass is 16.5. The zero-order valence-corrected chi connectivity index (χ0v) is 4.55. The Kier molecular flexibility index (Phi) is 5.82. The maximum Gasteiger partial charge on any atom is 0.373 e. The molecule has 0 aromatic carbocycles. The Hall–Kier alpha value is -0.660. The van der Waals surface area contributed by atoms with Crippen molar-refractivity contribution in [3.8, 4) is 0 Å². The quantitative estimate of drug-likeness (QED) is 0.454. The lowest BCUT2D eigenvalue weighted by Gasteiger charge is -1.76. The number of hydrogen-bond acceptors (Lipinski definition) is 3. The summed E-state index contributed by atoms with van der Waals surface area (Å²) in [5, 5.41) is 0. The molecule has 0 bridgehead atoms. The van der Waals surface area contributed by atoms with Crippen LogP contribution in [0.4, 0.5) is 0 Å². The van der Waals surface area contributed by atoms with Crippen LogP contribution in [0, 0.1) is 0 Å². The van der Waals surface area contributed by atoms with Crippen LogP contribution >= 0.6 is 0 Å². The minimum atomic E-state index is 0.250. The highest BCUT2D eigenvalue weighted by Crippen LogP contribution is 1.98. The SMILES string of the molecule is C1CCOC1.O=C=O. The smallest absolute Gasteiger partial charge is 0.373 e. The number of rotatable bonds is 0. The second-order valence-corrected chi connectivity index (χ2v) is 1.40. The topological polar surface area (TPSA) is 43.4 Å². The monoisotopic (exact) mass is 116 g/mol. The fourth-order valence-corrected chi connectivity index (χ4v) is 0.510. The Morgan fingerprint density at radius 1 is 1.12 bits per heavy atom. The molecule has 1 rings (SSSR count). The van der Waals surface area contributed by atoms with Gasteiger partial charge in [-0.1, -0.05) is 0 Å². The molecule has 0 N–H and O–H groups in total. The maximum absolute atomic E-state index is 8.12. The predicted molar refractivity (Wildman–Crippen MR) is 25.1 cm³/mol. The van der Waals surface area contributed by atoms with Crippen molar-refractivity contribution in [1.82, 2.24) is 0 Å². The van der Waals surface area contributed by atoms with Crippen molar-refractivity contribution >= 4 is 6.15 Å². The summed E-state index contributed by atoms with van der Waals surface area (Å²) in [4.78, 5) is 16.2. The Labute approximate surface area is 47.6 Å². The lowest BCUT2D eigenvalue weighted by molar-refractivity contribution is -0.191. The molecule has 3 heteroatoms. The van der Waals surface area contributed by atoms with Gasteiger partial charge >= 0.3 is 6.15 Å². The normalized spacial score (nSPS) is 16.0. The van der Waals surface area contributed by atoms with E-state index in [9.17, 15) is 0 Å². The van der Waals surface area contributed by atoms with E-state index in [1.807, 2.05) is 0 Å². The predicted octanol–water partition coefficient (Wildman–Crippen LogP) is 0.213. The first-order valence-electron chi connectivity index (χ1n) is 2.49. The third-order valence-electron chi connectivity index (χ3n) is 0.827. The highest BCUT2D eigenvalue weighted by Gasteiger charge is 1.94. The average Bonchev–Trinajstić information content (AvgIpc) is 2.17. The lowest BCUT2D eigenvalue weighted by atomic mass is 10.4. The van der Waals surface area contributed by atoms with Gasteiger partial charge in [0.1, 0.15) is 0 Å². The first kappa shape index (κ1) is 7.34. The molecule has 0 unspecified atom stereocenters. The van der Waals surface area contributed by atoms with Gasteiger partial charge in [0.15, 0.2) is 0 Å². The Morgan fingerprint density at radius 3 is 1.62 bits per heavy atom. The summed E-state index contributed by atoms with van der Waals surface area (Å²) >= 11 is 0. The van der Waals surface area contributed by atoms with Crippen molar-refractivity contribution in [1.29, 1.82) is 0 Å². The van der Waals surface area contributed by atoms with E-state index >= 15 is 0 Å². The van der Waals surface area contributed by atoms with Crippen LogP contribution in [-0.4, -0.2) is 19.4 Å². The molecule has 0 saturated carbocycles. The van der Waals surface area contributed by atoms with Gasteiger partial charge in [-0.2, -0.15) is 9.59 Å². The van der Waals surface area contributed by atoms with E-state index in [0.29, 0.717) is 0 Å². The average molecular weight is 116 g/mol. The molecule has 0 aliphatic carbocycles. The minimum Gasteiger partial charge on any atom is -0.381 e. The molecule has 1 heterocycles. The molecule has 0 atom stereocenters. The van der Waals surface area contributed by atoms with Crippen LogP contribution in [0.5, 0.6) is 0 Å². The van der Waals surface area contributed by atoms with Crippen LogP contribution in [0.1, 0.15) is 12.8 Å². The van der Waals surface area contributed by atoms with Crippen LogP contribution in [0.3, 0.4) is 0 Å². The van der Waals surface area contributed by atoms with Crippen molar-refractivity contribution in [3.63, 3.8) is 0 Å². The standard InChI is InChI=1S/C4H8O.CO2/c1-2-4-5-3-1;2-1-3/h1-4H2;. The lowest BCUT2D eigenvalue weighted by Crippen LogP contribution is -1.74. The summed E-state index contributed by atoms with van der Waals surface area (Å²) in [6.45, 7) is 2.00. The molecule has 0 aromatic heterocycles. The van der Waals surface area contributed by atoms with E-state index in [0.717, 1.165) is 13.2 Å². The summed E-state index contributed by atoms with van der Waals surface area (Å²) in [7, 11) is 0. The van der Waals surface area contributed by atoms with E-state index in [4.69, 9.17) is 14.3 Å². The molecular formula is C5H8O3. The van der Waals surface area contributed by atoms with Crippen LogP contribution in [0.25, 0.3) is 0 Å². The van der Waals surface area contributed by atoms with Gasteiger partial charge in [0, 0.05) is 13.2 Å². The largest absolute Gasteiger partial charge is 0.381 e. The van der Waals surface area contributed by atoms with Gasteiger partial charge in [-0.25, -0.2) is 0 Å².